The first kappa shape index (κ1) is 20.7. The molecular weight excluding hydrogens is 403 g/mol. The number of aryl methyl sites for hydroxylation is 1. The lowest BCUT2D eigenvalue weighted by atomic mass is 10.2. The number of nitrogens with zero attached hydrogens (tertiary/aromatic N) is 1. The van der Waals surface area contributed by atoms with E-state index in [2.05, 4.69) is 0 Å². The minimum absolute atomic E-state index is 0.0513. The largest absolute Gasteiger partial charge is 0.460 e. The number of carbonyl (C=O) groups is 1. The molecule has 0 aromatic heterocycles. The van der Waals surface area contributed by atoms with Gasteiger partial charge >= 0.3 is 5.97 Å². The third-order valence-corrected chi connectivity index (χ3v) is 5.25. The van der Waals surface area contributed by atoms with Crippen molar-refractivity contribution < 1.29 is 27.3 Å². The maximum atomic E-state index is 13.6. The van der Waals surface area contributed by atoms with Crippen LogP contribution in [0.3, 0.4) is 0 Å². The van der Waals surface area contributed by atoms with Crippen molar-refractivity contribution in [2.45, 2.75) is 18.4 Å². The van der Waals surface area contributed by atoms with E-state index < -0.39 is 50.5 Å². The molecule has 11 heteroatoms. The Kier molecular flexibility index (Phi) is 6.47. The molecule has 0 radical (unpaired) electrons. The summed E-state index contributed by atoms with van der Waals surface area (Å²) in [7, 11) is -4.34. The molecule has 0 heterocycles. The van der Waals surface area contributed by atoms with Crippen molar-refractivity contribution in [1.82, 2.24) is 4.72 Å². The zero-order valence-electron chi connectivity index (χ0n) is 13.9. The van der Waals surface area contributed by atoms with Crippen LogP contribution in [0.2, 0.25) is 5.02 Å². The number of sulfonamides is 1. The maximum absolute atomic E-state index is 13.6. The number of hydrogen-bond acceptors (Lipinski definition) is 6. The summed E-state index contributed by atoms with van der Waals surface area (Å²) in [6, 6.07) is 7.49. The van der Waals surface area contributed by atoms with Gasteiger partial charge in [0.05, 0.1) is 9.95 Å². The Morgan fingerprint density at radius 2 is 2.04 bits per heavy atom. The van der Waals surface area contributed by atoms with Crippen LogP contribution in [0.25, 0.3) is 0 Å². The van der Waals surface area contributed by atoms with Gasteiger partial charge in [-0.3, -0.25) is 14.9 Å². The number of rotatable bonds is 7. The number of nitrogens with one attached hydrogen (secondary N) is 1. The summed E-state index contributed by atoms with van der Waals surface area (Å²) in [5.41, 5.74) is -0.166. The lowest BCUT2D eigenvalue weighted by molar-refractivity contribution is -0.387. The van der Waals surface area contributed by atoms with E-state index in [0.29, 0.717) is 5.56 Å². The van der Waals surface area contributed by atoms with E-state index in [1.165, 1.54) is 18.2 Å². The Balaban J connectivity index is 2.05. The molecule has 2 aromatic rings. The molecular formula is C16H14ClFN2O6S. The molecule has 2 rings (SSSR count). The number of benzene rings is 2. The highest BCUT2D eigenvalue weighted by Crippen LogP contribution is 2.24. The molecule has 0 atom stereocenters. The van der Waals surface area contributed by atoms with Crippen molar-refractivity contribution in [3.63, 3.8) is 0 Å². The van der Waals surface area contributed by atoms with E-state index in [0.717, 1.165) is 18.2 Å². The summed E-state index contributed by atoms with van der Waals surface area (Å²) in [6.07, 6.45) is 0. The van der Waals surface area contributed by atoms with Crippen LogP contribution in [0.4, 0.5) is 10.1 Å². The predicted octanol–water partition coefficient (Wildman–Crippen LogP) is 2.72. The molecule has 2 aromatic carbocycles. The first-order chi connectivity index (χ1) is 12.6. The minimum atomic E-state index is -4.34. The molecule has 27 heavy (non-hydrogen) atoms. The lowest BCUT2D eigenvalue weighted by Gasteiger charge is -2.09. The molecule has 1 N–H and O–H groups in total. The topological polar surface area (TPSA) is 116 Å². The van der Waals surface area contributed by atoms with Crippen molar-refractivity contribution in [1.29, 1.82) is 0 Å². The van der Waals surface area contributed by atoms with E-state index in [-0.39, 0.29) is 10.6 Å². The average molecular weight is 417 g/mol. The molecule has 0 spiro atoms. The maximum Gasteiger partial charge on any atom is 0.321 e. The molecule has 0 unspecified atom stereocenters. The summed E-state index contributed by atoms with van der Waals surface area (Å²) < 4.78 is 44.8. The number of carbonyl (C=O) groups excluding carboxylic acids is 1. The second-order valence-electron chi connectivity index (χ2n) is 5.41. The number of ether oxygens (including phenoxy) is 1. The molecule has 0 fully saturated rings. The van der Waals surface area contributed by atoms with Gasteiger partial charge in [-0.1, -0.05) is 23.7 Å². The van der Waals surface area contributed by atoms with Gasteiger partial charge in [-0.05, 0) is 30.7 Å². The molecule has 8 nitrogen and oxygen atoms in total. The van der Waals surface area contributed by atoms with Crippen molar-refractivity contribution >= 4 is 33.3 Å². The lowest BCUT2D eigenvalue weighted by Crippen LogP contribution is -2.31. The summed E-state index contributed by atoms with van der Waals surface area (Å²) >= 11 is 5.80. The van der Waals surface area contributed by atoms with E-state index in [1.807, 2.05) is 4.72 Å². The Morgan fingerprint density at radius 1 is 1.33 bits per heavy atom. The highest BCUT2D eigenvalue weighted by Gasteiger charge is 2.26. The van der Waals surface area contributed by atoms with Crippen molar-refractivity contribution in [3.05, 3.63) is 68.5 Å². The van der Waals surface area contributed by atoms with Gasteiger partial charge in [0.2, 0.25) is 10.0 Å². The van der Waals surface area contributed by atoms with Gasteiger partial charge in [0.15, 0.2) is 4.90 Å². The quantitative estimate of drug-likeness (QED) is 0.421. The fraction of sp³-hybridized carbons (Fsp3) is 0.188. The van der Waals surface area contributed by atoms with Crippen LogP contribution in [0.5, 0.6) is 0 Å². The van der Waals surface area contributed by atoms with E-state index in [9.17, 15) is 27.7 Å². The Labute approximate surface area is 159 Å². The smallest absolute Gasteiger partial charge is 0.321 e. The van der Waals surface area contributed by atoms with Crippen molar-refractivity contribution in [3.8, 4) is 0 Å². The zero-order valence-corrected chi connectivity index (χ0v) is 15.5. The third-order valence-electron chi connectivity index (χ3n) is 3.45. The molecule has 0 aliphatic carbocycles. The first-order valence-electron chi connectivity index (χ1n) is 7.45. The standard InChI is InChI=1S/C16H14ClFN2O6S/c1-10-5-6-15(14(7-10)20(22)23)27(24,25)19-8-16(21)26-9-11-12(17)3-2-4-13(11)18/h2-7,19H,8-9H2,1H3. The second kappa shape index (κ2) is 8.42. The number of hydrogen-bond donors (Lipinski definition) is 1. The molecule has 0 amide bonds. The summed E-state index contributed by atoms with van der Waals surface area (Å²) in [5, 5.41) is 11.1. The van der Waals surface area contributed by atoms with E-state index in [1.54, 1.807) is 6.92 Å². The SMILES string of the molecule is Cc1ccc(S(=O)(=O)NCC(=O)OCc2c(F)cccc2Cl)c([N+](=O)[O-])c1. The van der Waals surface area contributed by atoms with Gasteiger partial charge in [0.1, 0.15) is 19.0 Å². The van der Waals surface area contributed by atoms with Gasteiger partial charge < -0.3 is 4.74 Å². The van der Waals surface area contributed by atoms with Gasteiger partial charge in [0, 0.05) is 11.6 Å². The van der Waals surface area contributed by atoms with E-state index in [4.69, 9.17) is 16.3 Å². The summed E-state index contributed by atoms with van der Waals surface area (Å²) in [5.74, 6) is -1.68. The van der Waals surface area contributed by atoms with Gasteiger partial charge in [-0.25, -0.2) is 12.8 Å². The van der Waals surface area contributed by atoms with Crippen LogP contribution < -0.4 is 4.72 Å². The highest BCUT2D eigenvalue weighted by atomic mass is 35.5. The summed E-state index contributed by atoms with van der Waals surface area (Å²) in [6.45, 7) is 0.290. The molecule has 0 saturated heterocycles. The summed E-state index contributed by atoms with van der Waals surface area (Å²) in [4.78, 5) is 21.4. The molecule has 0 bridgehead atoms. The van der Waals surface area contributed by atoms with Gasteiger partial charge in [-0.2, -0.15) is 4.72 Å². The number of nitro groups is 1. The van der Waals surface area contributed by atoms with Crippen LogP contribution in [0.1, 0.15) is 11.1 Å². The number of nitro benzene ring substituents is 1. The third kappa shape index (κ3) is 5.22. The fourth-order valence-electron chi connectivity index (χ4n) is 2.10. The molecule has 0 saturated carbocycles. The highest BCUT2D eigenvalue weighted by molar-refractivity contribution is 7.89. The Morgan fingerprint density at radius 3 is 2.67 bits per heavy atom. The van der Waals surface area contributed by atoms with Gasteiger partial charge in [-0.15, -0.1) is 0 Å². The number of esters is 1. The van der Waals surface area contributed by atoms with Crippen LogP contribution in [0.15, 0.2) is 41.3 Å². The van der Waals surface area contributed by atoms with Crippen molar-refractivity contribution in [2.75, 3.05) is 6.54 Å². The van der Waals surface area contributed by atoms with Crippen LogP contribution in [-0.4, -0.2) is 25.9 Å². The molecule has 0 aliphatic heterocycles. The van der Waals surface area contributed by atoms with Crippen LogP contribution in [0, 0.1) is 22.9 Å². The molecule has 144 valence electrons. The van der Waals surface area contributed by atoms with Crippen molar-refractivity contribution in [2.24, 2.45) is 0 Å². The fourth-order valence-corrected chi connectivity index (χ4v) is 3.44. The van der Waals surface area contributed by atoms with Crippen LogP contribution >= 0.6 is 11.6 Å². The second-order valence-corrected chi connectivity index (χ2v) is 7.56. The average Bonchev–Trinajstić information content (AvgIpc) is 2.59. The Bertz CT molecular complexity index is 976. The number of halogens is 2. The minimum Gasteiger partial charge on any atom is -0.460 e. The predicted molar refractivity (Wildman–Crippen MR) is 94.2 cm³/mol. The Hall–Kier alpha value is -2.56. The van der Waals surface area contributed by atoms with E-state index >= 15 is 0 Å². The monoisotopic (exact) mass is 416 g/mol. The zero-order chi connectivity index (χ0) is 20.2. The first-order valence-corrected chi connectivity index (χ1v) is 9.31. The normalized spacial score (nSPS) is 11.2. The van der Waals surface area contributed by atoms with Crippen LogP contribution in [-0.2, 0) is 26.2 Å². The molecule has 0 aliphatic rings. The van der Waals surface area contributed by atoms with Gasteiger partial charge in [0.25, 0.3) is 5.69 Å².